The molecule has 0 radical (unpaired) electrons. The van der Waals surface area contributed by atoms with E-state index in [4.69, 9.17) is 0 Å². The Bertz CT molecular complexity index is 1060. The number of nitrogens with zero attached hydrogens (tertiary/aromatic N) is 2. The van der Waals surface area contributed by atoms with Crippen LogP contribution in [-0.4, -0.2) is 49.4 Å². The van der Waals surface area contributed by atoms with Gasteiger partial charge >= 0.3 is 0 Å². The minimum Gasteiger partial charge on any atom is -0.356 e. The summed E-state index contributed by atoms with van der Waals surface area (Å²) in [6.07, 6.45) is 6.86. The van der Waals surface area contributed by atoms with Crippen molar-refractivity contribution < 1.29 is 9.59 Å². The van der Waals surface area contributed by atoms with Crippen LogP contribution in [0.25, 0.3) is 10.8 Å². The molecule has 3 aliphatic rings. The van der Waals surface area contributed by atoms with Crippen LogP contribution in [0.15, 0.2) is 59.6 Å². The van der Waals surface area contributed by atoms with Gasteiger partial charge in [0.05, 0.1) is 11.8 Å². The summed E-state index contributed by atoms with van der Waals surface area (Å²) in [6, 6.07) is 14.8. The third-order valence-electron chi connectivity index (χ3n) is 7.20. The lowest BCUT2D eigenvalue weighted by Gasteiger charge is -2.18. The fourth-order valence-corrected chi connectivity index (χ4v) is 5.68. The second-order valence-corrected chi connectivity index (χ2v) is 9.00. The van der Waals surface area contributed by atoms with Crippen molar-refractivity contribution in [3.05, 3.63) is 60.2 Å². The Hall–Kier alpha value is -3.15. The molecule has 32 heavy (non-hydrogen) atoms. The molecule has 1 saturated carbocycles. The monoisotopic (exact) mass is 430 g/mol. The number of rotatable bonds is 7. The number of imide groups is 1. The Morgan fingerprint density at radius 2 is 1.66 bits per heavy atom. The zero-order valence-electron chi connectivity index (χ0n) is 18.5. The number of likely N-dealkylation sites (tertiary alicyclic amines) is 1. The fraction of sp³-hybridized carbons (Fsp3) is 0.423. The van der Waals surface area contributed by atoms with Crippen molar-refractivity contribution in [3.63, 3.8) is 0 Å². The third-order valence-corrected chi connectivity index (χ3v) is 7.20. The summed E-state index contributed by atoms with van der Waals surface area (Å²) < 4.78 is 0. The van der Waals surface area contributed by atoms with Crippen LogP contribution < -0.4 is 10.6 Å². The van der Waals surface area contributed by atoms with Gasteiger partial charge in [-0.15, -0.1) is 0 Å². The maximum Gasteiger partial charge on any atom is 0.233 e. The molecule has 166 valence electrons. The minimum absolute atomic E-state index is 0.0365. The van der Waals surface area contributed by atoms with Crippen LogP contribution in [0.3, 0.4) is 0 Å². The molecule has 4 unspecified atom stereocenters. The van der Waals surface area contributed by atoms with Crippen LogP contribution in [0, 0.1) is 23.7 Å². The van der Waals surface area contributed by atoms with E-state index in [1.807, 2.05) is 0 Å². The molecule has 0 aromatic heterocycles. The highest BCUT2D eigenvalue weighted by molar-refractivity contribution is 6.06. The summed E-state index contributed by atoms with van der Waals surface area (Å²) in [5.41, 5.74) is 1.31. The Morgan fingerprint density at radius 3 is 2.41 bits per heavy atom. The van der Waals surface area contributed by atoms with E-state index in [1.54, 1.807) is 7.05 Å². The number of benzene rings is 2. The predicted octanol–water partition coefficient (Wildman–Crippen LogP) is 2.74. The van der Waals surface area contributed by atoms with E-state index in [0.29, 0.717) is 19.5 Å². The topological polar surface area (TPSA) is 73.8 Å². The first-order chi connectivity index (χ1) is 15.7. The van der Waals surface area contributed by atoms with Crippen molar-refractivity contribution >= 4 is 28.5 Å². The van der Waals surface area contributed by atoms with Crippen LogP contribution in [0.1, 0.15) is 18.4 Å². The number of carbonyl (C=O) groups is 2. The van der Waals surface area contributed by atoms with Gasteiger partial charge in [-0.2, -0.15) is 0 Å². The number of guanidine groups is 1. The zero-order chi connectivity index (χ0) is 22.1. The van der Waals surface area contributed by atoms with Gasteiger partial charge in [-0.05, 0) is 47.4 Å². The Kier molecular flexibility index (Phi) is 5.68. The number of amides is 2. The minimum atomic E-state index is -0.103. The molecule has 4 atom stereocenters. The van der Waals surface area contributed by atoms with Crippen molar-refractivity contribution in [2.45, 2.75) is 19.3 Å². The average molecular weight is 431 g/mol. The fourth-order valence-electron chi connectivity index (χ4n) is 5.68. The number of hydrogen-bond donors (Lipinski definition) is 2. The Balaban J connectivity index is 1.07. The number of hydrogen-bond acceptors (Lipinski definition) is 3. The lowest BCUT2D eigenvalue weighted by molar-refractivity contribution is -0.140. The van der Waals surface area contributed by atoms with Crippen molar-refractivity contribution in [3.8, 4) is 0 Å². The van der Waals surface area contributed by atoms with E-state index >= 15 is 0 Å². The molecule has 6 nitrogen and oxygen atoms in total. The maximum absolute atomic E-state index is 12.8. The number of aliphatic imine (C=N–C) groups is 1. The molecule has 6 heteroatoms. The second-order valence-electron chi connectivity index (χ2n) is 9.00. The van der Waals surface area contributed by atoms with E-state index in [1.165, 1.54) is 21.2 Å². The molecule has 1 saturated heterocycles. The highest BCUT2D eigenvalue weighted by Gasteiger charge is 2.58. The van der Waals surface area contributed by atoms with Gasteiger partial charge in [0.2, 0.25) is 11.8 Å². The lowest BCUT2D eigenvalue weighted by Crippen LogP contribution is -2.40. The van der Waals surface area contributed by atoms with Crippen LogP contribution in [0.5, 0.6) is 0 Å². The molecule has 2 aliphatic carbocycles. The molecule has 2 aromatic carbocycles. The standard InChI is InChI=1S/C26H30N4O2/c1-27-26(29-14-12-18-8-4-7-17-6-2-3-9-21(17)18)28-13-5-15-30-24(31)22-19-10-11-20(16-19)23(22)25(30)32/h2-4,6-11,19-20,22-23H,5,12-16H2,1H3,(H2,27,28,29). The van der Waals surface area contributed by atoms with E-state index in [-0.39, 0.29) is 35.5 Å². The molecule has 1 aliphatic heterocycles. The molecule has 5 rings (SSSR count). The first-order valence-corrected chi connectivity index (χ1v) is 11.6. The molecule has 2 amide bonds. The first-order valence-electron chi connectivity index (χ1n) is 11.6. The predicted molar refractivity (Wildman–Crippen MR) is 126 cm³/mol. The summed E-state index contributed by atoms with van der Waals surface area (Å²) in [6.45, 7) is 1.91. The van der Waals surface area contributed by atoms with Crippen molar-refractivity contribution in [1.29, 1.82) is 0 Å². The molecular formula is C26H30N4O2. The first kappa shape index (κ1) is 20.7. The largest absolute Gasteiger partial charge is 0.356 e. The summed E-state index contributed by atoms with van der Waals surface area (Å²) in [7, 11) is 1.75. The number of nitrogens with one attached hydrogen (secondary N) is 2. The van der Waals surface area contributed by atoms with E-state index in [0.717, 1.165) is 25.3 Å². The second kappa shape index (κ2) is 8.77. The van der Waals surface area contributed by atoms with E-state index in [9.17, 15) is 9.59 Å². The lowest BCUT2D eigenvalue weighted by atomic mass is 9.85. The number of allylic oxidation sites excluding steroid dienone is 2. The van der Waals surface area contributed by atoms with Crippen molar-refractivity contribution in [1.82, 2.24) is 15.5 Å². The maximum atomic E-state index is 12.8. The SMILES string of the molecule is CN=C(NCCCN1C(=O)C2C3C=CC(C3)C2C1=O)NCCc1cccc2ccccc12. The molecule has 1 heterocycles. The molecule has 2 fully saturated rings. The van der Waals surface area contributed by atoms with E-state index in [2.05, 4.69) is 70.2 Å². The van der Waals surface area contributed by atoms with Crippen molar-refractivity contribution in [2.24, 2.45) is 28.7 Å². The van der Waals surface area contributed by atoms with Gasteiger partial charge in [-0.3, -0.25) is 19.5 Å². The molecule has 0 spiro atoms. The number of fused-ring (bicyclic) bond motifs is 6. The summed E-state index contributed by atoms with van der Waals surface area (Å²) in [4.78, 5) is 31.3. The van der Waals surface area contributed by atoms with Crippen LogP contribution >= 0.6 is 0 Å². The van der Waals surface area contributed by atoms with Gasteiger partial charge in [0.1, 0.15) is 0 Å². The van der Waals surface area contributed by atoms with Crippen LogP contribution in [0.2, 0.25) is 0 Å². The quantitative estimate of drug-likeness (QED) is 0.233. The van der Waals surface area contributed by atoms with Gasteiger partial charge in [0, 0.05) is 26.7 Å². The van der Waals surface area contributed by atoms with Gasteiger partial charge in [-0.1, -0.05) is 54.6 Å². The highest BCUT2D eigenvalue weighted by atomic mass is 16.2. The smallest absolute Gasteiger partial charge is 0.233 e. The molecule has 2 bridgehead atoms. The molecular weight excluding hydrogens is 400 g/mol. The number of carbonyl (C=O) groups excluding carboxylic acids is 2. The van der Waals surface area contributed by atoms with Gasteiger partial charge in [0.15, 0.2) is 5.96 Å². The summed E-state index contributed by atoms with van der Waals surface area (Å²) in [5, 5.41) is 9.21. The highest BCUT2D eigenvalue weighted by Crippen LogP contribution is 2.52. The Labute approximate surface area is 188 Å². The van der Waals surface area contributed by atoms with Gasteiger partial charge in [0.25, 0.3) is 0 Å². The van der Waals surface area contributed by atoms with E-state index < -0.39 is 0 Å². The van der Waals surface area contributed by atoms with Crippen LogP contribution in [-0.2, 0) is 16.0 Å². The Morgan fingerprint density at radius 1 is 0.969 bits per heavy atom. The van der Waals surface area contributed by atoms with Gasteiger partial charge < -0.3 is 10.6 Å². The summed E-state index contributed by atoms with van der Waals surface area (Å²) in [5.74, 6) is 1.15. The molecule has 2 N–H and O–H groups in total. The van der Waals surface area contributed by atoms with Crippen molar-refractivity contribution in [2.75, 3.05) is 26.7 Å². The average Bonchev–Trinajstić information content (AvgIpc) is 3.50. The summed E-state index contributed by atoms with van der Waals surface area (Å²) >= 11 is 0. The zero-order valence-corrected chi connectivity index (χ0v) is 18.5. The van der Waals surface area contributed by atoms with Gasteiger partial charge in [-0.25, -0.2) is 0 Å². The van der Waals surface area contributed by atoms with Crippen LogP contribution in [0.4, 0.5) is 0 Å². The molecule has 2 aromatic rings. The normalized spacial score (nSPS) is 26.3. The third kappa shape index (κ3) is 3.68.